The Bertz CT molecular complexity index is 316. The first-order valence-electron chi connectivity index (χ1n) is 5.11. The minimum Gasteiger partial charge on any atom is -0.468 e. The Kier molecular flexibility index (Phi) is 4.00. The van der Waals surface area contributed by atoms with Gasteiger partial charge in [0.05, 0.1) is 13.2 Å². The van der Waals surface area contributed by atoms with Gasteiger partial charge < -0.3 is 4.74 Å². The number of piperidine rings is 1. The van der Waals surface area contributed by atoms with E-state index in [2.05, 4.69) is 10.1 Å². The highest BCUT2D eigenvalue weighted by molar-refractivity contribution is 6.00. The summed E-state index contributed by atoms with van der Waals surface area (Å²) in [6.45, 7) is 1.62. The van der Waals surface area contributed by atoms with Crippen molar-refractivity contribution >= 4 is 17.8 Å². The summed E-state index contributed by atoms with van der Waals surface area (Å²) in [5, 5.41) is 2.85. The molecule has 1 heterocycles. The second-order valence-electron chi connectivity index (χ2n) is 3.79. The number of nitrogens with zero attached hydrogens (tertiary/aromatic N) is 1. The summed E-state index contributed by atoms with van der Waals surface area (Å²) < 4.78 is 4.54. The van der Waals surface area contributed by atoms with Gasteiger partial charge >= 0.3 is 5.97 Å². The van der Waals surface area contributed by atoms with E-state index >= 15 is 0 Å². The molecule has 2 amide bonds. The Morgan fingerprint density at radius 1 is 1.56 bits per heavy atom. The van der Waals surface area contributed by atoms with Gasteiger partial charge in [-0.3, -0.25) is 24.6 Å². The summed E-state index contributed by atoms with van der Waals surface area (Å²) in [7, 11) is 2.74. The first kappa shape index (κ1) is 12.6. The van der Waals surface area contributed by atoms with Crippen LogP contribution in [0.15, 0.2) is 0 Å². The molecular weight excluding hydrogens is 212 g/mol. The van der Waals surface area contributed by atoms with Crippen LogP contribution in [0.1, 0.15) is 19.8 Å². The van der Waals surface area contributed by atoms with E-state index in [9.17, 15) is 14.4 Å². The van der Waals surface area contributed by atoms with E-state index in [-0.39, 0.29) is 11.8 Å². The third-order valence-corrected chi connectivity index (χ3v) is 2.66. The number of carbonyl (C=O) groups is 3. The number of carbonyl (C=O) groups excluding carboxylic acids is 3. The van der Waals surface area contributed by atoms with E-state index in [1.165, 1.54) is 14.2 Å². The normalized spacial score (nSPS) is 23.2. The number of nitrogens with one attached hydrogen (secondary N) is 1. The lowest BCUT2D eigenvalue weighted by Gasteiger charge is -2.29. The van der Waals surface area contributed by atoms with Crippen molar-refractivity contribution in [1.29, 1.82) is 0 Å². The van der Waals surface area contributed by atoms with Crippen molar-refractivity contribution in [3.05, 3.63) is 0 Å². The second kappa shape index (κ2) is 5.07. The Labute approximate surface area is 93.9 Å². The highest BCUT2D eigenvalue weighted by Crippen LogP contribution is 2.12. The summed E-state index contributed by atoms with van der Waals surface area (Å²) in [6, 6.07) is -1.04. The number of esters is 1. The van der Waals surface area contributed by atoms with Gasteiger partial charge in [0, 0.05) is 13.5 Å². The number of amides is 2. The van der Waals surface area contributed by atoms with Crippen molar-refractivity contribution in [2.24, 2.45) is 0 Å². The molecule has 0 aromatic carbocycles. The first-order chi connectivity index (χ1) is 7.47. The predicted octanol–water partition coefficient (Wildman–Crippen LogP) is -0.715. The molecule has 1 saturated heterocycles. The van der Waals surface area contributed by atoms with Crippen molar-refractivity contribution < 1.29 is 19.1 Å². The van der Waals surface area contributed by atoms with Crippen LogP contribution in [-0.2, 0) is 19.1 Å². The molecule has 16 heavy (non-hydrogen) atoms. The molecule has 2 atom stereocenters. The minimum atomic E-state index is -0.555. The van der Waals surface area contributed by atoms with E-state index in [0.717, 1.165) is 4.90 Å². The quantitative estimate of drug-likeness (QED) is 0.510. The molecule has 1 rings (SSSR count). The van der Waals surface area contributed by atoms with E-state index < -0.39 is 18.1 Å². The number of hydrogen-bond donors (Lipinski definition) is 1. The largest absolute Gasteiger partial charge is 0.468 e. The SMILES string of the molecule is COC(=O)C(C)NC1CCC(=O)N(C)C1=O. The van der Waals surface area contributed by atoms with Gasteiger partial charge in [0.1, 0.15) is 6.04 Å². The maximum atomic E-state index is 11.7. The van der Waals surface area contributed by atoms with Crippen LogP contribution in [0.25, 0.3) is 0 Å². The zero-order valence-electron chi connectivity index (χ0n) is 9.65. The minimum absolute atomic E-state index is 0.186. The van der Waals surface area contributed by atoms with Gasteiger partial charge in [-0.2, -0.15) is 0 Å². The van der Waals surface area contributed by atoms with Gasteiger partial charge in [-0.25, -0.2) is 0 Å². The fourth-order valence-electron chi connectivity index (χ4n) is 1.62. The lowest BCUT2D eigenvalue weighted by atomic mass is 10.0. The fourth-order valence-corrected chi connectivity index (χ4v) is 1.62. The number of methoxy groups -OCH3 is 1. The van der Waals surface area contributed by atoms with Crippen molar-refractivity contribution in [3.8, 4) is 0 Å². The van der Waals surface area contributed by atoms with E-state index in [0.29, 0.717) is 12.8 Å². The average Bonchev–Trinajstić information content (AvgIpc) is 2.28. The molecule has 6 nitrogen and oxygen atoms in total. The standard InChI is InChI=1S/C10H16N2O4/c1-6(10(15)16-3)11-7-4-5-8(13)12(2)9(7)14/h6-7,11H,4-5H2,1-3H3. The van der Waals surface area contributed by atoms with Crippen molar-refractivity contribution in [1.82, 2.24) is 10.2 Å². The number of likely N-dealkylation sites (tertiary alicyclic amines) is 1. The van der Waals surface area contributed by atoms with Crippen LogP contribution in [0.3, 0.4) is 0 Å². The zero-order chi connectivity index (χ0) is 12.3. The Hall–Kier alpha value is -1.43. The summed E-state index contributed by atoms with van der Waals surface area (Å²) in [5.41, 5.74) is 0. The number of ether oxygens (including phenoxy) is 1. The van der Waals surface area contributed by atoms with Gasteiger partial charge in [0.25, 0.3) is 0 Å². The van der Waals surface area contributed by atoms with Crippen LogP contribution in [-0.4, -0.2) is 48.9 Å². The molecule has 0 saturated carbocycles. The number of hydrogen-bond acceptors (Lipinski definition) is 5. The molecule has 0 bridgehead atoms. The fraction of sp³-hybridized carbons (Fsp3) is 0.700. The third-order valence-electron chi connectivity index (χ3n) is 2.66. The van der Waals surface area contributed by atoms with Crippen LogP contribution in [0.5, 0.6) is 0 Å². The van der Waals surface area contributed by atoms with Crippen LogP contribution in [0.2, 0.25) is 0 Å². The van der Waals surface area contributed by atoms with Crippen LogP contribution >= 0.6 is 0 Å². The molecule has 0 spiro atoms. The van der Waals surface area contributed by atoms with Crippen molar-refractivity contribution in [3.63, 3.8) is 0 Å². The van der Waals surface area contributed by atoms with Gasteiger partial charge in [0.15, 0.2) is 0 Å². The molecule has 2 unspecified atom stereocenters. The molecule has 0 aromatic rings. The molecule has 1 fully saturated rings. The molecule has 90 valence electrons. The molecule has 1 aliphatic heterocycles. The van der Waals surface area contributed by atoms with Crippen molar-refractivity contribution in [2.75, 3.05) is 14.2 Å². The number of likely N-dealkylation sites (N-methyl/N-ethyl adjacent to an activating group) is 1. The highest BCUT2D eigenvalue weighted by atomic mass is 16.5. The lowest BCUT2D eigenvalue weighted by Crippen LogP contribution is -2.54. The van der Waals surface area contributed by atoms with Crippen LogP contribution in [0.4, 0.5) is 0 Å². The van der Waals surface area contributed by atoms with Crippen molar-refractivity contribution in [2.45, 2.75) is 31.8 Å². The summed E-state index contributed by atoms with van der Waals surface area (Å²) >= 11 is 0. The molecule has 6 heteroatoms. The summed E-state index contributed by atoms with van der Waals surface area (Å²) in [4.78, 5) is 35.1. The molecular formula is C10H16N2O4. The third kappa shape index (κ3) is 2.57. The maximum absolute atomic E-state index is 11.7. The van der Waals surface area contributed by atoms with Crippen LogP contribution < -0.4 is 5.32 Å². The Balaban J connectivity index is 2.58. The average molecular weight is 228 g/mol. The zero-order valence-corrected chi connectivity index (χ0v) is 9.65. The lowest BCUT2D eigenvalue weighted by molar-refractivity contribution is -0.148. The van der Waals surface area contributed by atoms with Gasteiger partial charge in [-0.15, -0.1) is 0 Å². The van der Waals surface area contributed by atoms with Gasteiger partial charge in [0.2, 0.25) is 11.8 Å². The molecule has 0 aromatic heterocycles. The Morgan fingerprint density at radius 3 is 2.75 bits per heavy atom. The Morgan fingerprint density at radius 2 is 2.19 bits per heavy atom. The summed E-state index contributed by atoms with van der Waals surface area (Å²) in [6.07, 6.45) is 0.733. The topological polar surface area (TPSA) is 75.7 Å². The van der Waals surface area contributed by atoms with Crippen LogP contribution in [0, 0.1) is 0 Å². The van der Waals surface area contributed by atoms with Gasteiger partial charge in [-0.05, 0) is 13.3 Å². The molecule has 0 aliphatic carbocycles. The first-order valence-corrected chi connectivity index (χ1v) is 5.11. The predicted molar refractivity (Wildman–Crippen MR) is 55.4 cm³/mol. The number of rotatable bonds is 3. The monoisotopic (exact) mass is 228 g/mol. The van der Waals surface area contributed by atoms with E-state index in [1.54, 1.807) is 6.92 Å². The van der Waals surface area contributed by atoms with E-state index in [1.807, 2.05) is 0 Å². The van der Waals surface area contributed by atoms with Gasteiger partial charge in [-0.1, -0.05) is 0 Å². The second-order valence-corrected chi connectivity index (χ2v) is 3.79. The number of imide groups is 1. The smallest absolute Gasteiger partial charge is 0.322 e. The summed E-state index contributed by atoms with van der Waals surface area (Å²) in [5.74, 6) is -0.909. The molecule has 1 N–H and O–H groups in total. The highest BCUT2D eigenvalue weighted by Gasteiger charge is 2.33. The maximum Gasteiger partial charge on any atom is 0.322 e. The molecule has 1 aliphatic rings. The molecule has 0 radical (unpaired) electrons. The van der Waals surface area contributed by atoms with E-state index in [4.69, 9.17) is 0 Å².